The number of piperidine rings is 3. The van der Waals surface area contributed by atoms with Gasteiger partial charge in [-0.05, 0) is 62.0 Å². The first kappa shape index (κ1) is 21.6. The van der Waals surface area contributed by atoms with Gasteiger partial charge in [-0.25, -0.2) is 4.79 Å². The van der Waals surface area contributed by atoms with Crippen LogP contribution in [0.25, 0.3) is 11.1 Å². The SMILES string of the molecule is Cc1ccc(-c2ccc3c(c2)OCC(C)(C)C3NC(=O)O[C@H]2CN3CCC2CC3)c(Cl)c1. The van der Waals surface area contributed by atoms with Gasteiger partial charge in [-0.15, -0.1) is 0 Å². The van der Waals surface area contributed by atoms with E-state index in [-0.39, 0.29) is 23.7 Å². The Labute approximate surface area is 195 Å². The Morgan fingerprint density at radius 3 is 2.66 bits per heavy atom. The smallest absolute Gasteiger partial charge is 0.407 e. The summed E-state index contributed by atoms with van der Waals surface area (Å²) in [6, 6.07) is 12.0. The quantitative estimate of drug-likeness (QED) is 0.656. The Kier molecular flexibility index (Phi) is 5.58. The maximum Gasteiger partial charge on any atom is 0.407 e. The summed E-state index contributed by atoms with van der Waals surface area (Å²) >= 11 is 6.49. The van der Waals surface area contributed by atoms with Crippen LogP contribution in [0.1, 0.15) is 43.9 Å². The number of carbonyl (C=O) groups excluding carboxylic acids is 1. The molecule has 2 bridgehead atoms. The van der Waals surface area contributed by atoms with E-state index in [2.05, 4.69) is 30.1 Å². The van der Waals surface area contributed by atoms with Crippen molar-refractivity contribution in [1.82, 2.24) is 10.2 Å². The lowest BCUT2D eigenvalue weighted by Crippen LogP contribution is -2.53. The van der Waals surface area contributed by atoms with Crippen LogP contribution >= 0.6 is 11.6 Å². The maximum atomic E-state index is 12.9. The average Bonchev–Trinajstić information content (AvgIpc) is 2.76. The zero-order valence-electron chi connectivity index (χ0n) is 19.0. The van der Waals surface area contributed by atoms with Gasteiger partial charge in [0.05, 0.1) is 12.6 Å². The van der Waals surface area contributed by atoms with Crippen LogP contribution in [0.2, 0.25) is 5.02 Å². The van der Waals surface area contributed by atoms with Crippen molar-refractivity contribution in [1.29, 1.82) is 0 Å². The summed E-state index contributed by atoms with van der Waals surface area (Å²) in [6.07, 6.45) is 1.90. The van der Waals surface area contributed by atoms with Gasteiger partial charge in [0.1, 0.15) is 11.9 Å². The fourth-order valence-corrected chi connectivity index (χ4v) is 5.64. The lowest BCUT2D eigenvalue weighted by molar-refractivity contribution is -0.0361. The highest BCUT2D eigenvalue weighted by Crippen LogP contribution is 2.45. The van der Waals surface area contributed by atoms with Gasteiger partial charge < -0.3 is 14.8 Å². The third-order valence-corrected chi connectivity index (χ3v) is 7.57. The molecular formula is C26H31ClN2O3. The molecule has 2 aromatic rings. The van der Waals surface area contributed by atoms with Gasteiger partial charge in [0, 0.05) is 28.1 Å². The number of aryl methyl sites for hydroxylation is 1. The van der Waals surface area contributed by atoms with Gasteiger partial charge in [-0.3, -0.25) is 4.90 Å². The first-order valence-electron chi connectivity index (χ1n) is 11.5. The molecule has 4 aliphatic heterocycles. The Morgan fingerprint density at radius 1 is 1.19 bits per heavy atom. The van der Waals surface area contributed by atoms with Gasteiger partial charge in [-0.2, -0.15) is 0 Å². The highest BCUT2D eigenvalue weighted by atomic mass is 35.5. The number of alkyl carbamates (subject to hydrolysis) is 1. The number of rotatable bonds is 3. The lowest BCUT2D eigenvalue weighted by Gasteiger charge is -2.44. The molecule has 0 radical (unpaired) electrons. The van der Waals surface area contributed by atoms with Crippen molar-refractivity contribution < 1.29 is 14.3 Å². The van der Waals surface area contributed by atoms with E-state index < -0.39 is 0 Å². The molecule has 0 saturated carbocycles. The summed E-state index contributed by atoms with van der Waals surface area (Å²) in [4.78, 5) is 15.3. The van der Waals surface area contributed by atoms with Gasteiger partial charge in [-0.1, -0.05) is 49.7 Å². The predicted octanol–water partition coefficient (Wildman–Crippen LogP) is 5.60. The van der Waals surface area contributed by atoms with Crippen molar-refractivity contribution in [2.24, 2.45) is 11.3 Å². The number of fused-ring (bicyclic) bond motifs is 4. The summed E-state index contributed by atoms with van der Waals surface area (Å²) in [5.41, 5.74) is 3.81. The third-order valence-electron chi connectivity index (χ3n) is 7.26. The van der Waals surface area contributed by atoms with Crippen molar-refractivity contribution in [3.63, 3.8) is 0 Å². The van der Waals surface area contributed by atoms with Crippen molar-refractivity contribution in [3.8, 4) is 16.9 Å². The second kappa shape index (κ2) is 8.27. The molecule has 32 heavy (non-hydrogen) atoms. The number of halogens is 1. The van der Waals surface area contributed by atoms with Crippen LogP contribution in [0.5, 0.6) is 5.75 Å². The largest absolute Gasteiger partial charge is 0.493 e. The second-order valence-corrected chi connectivity index (χ2v) is 10.6. The van der Waals surface area contributed by atoms with Crippen molar-refractivity contribution in [2.75, 3.05) is 26.2 Å². The van der Waals surface area contributed by atoms with Crippen molar-refractivity contribution in [2.45, 2.75) is 45.8 Å². The van der Waals surface area contributed by atoms with Crippen LogP contribution in [-0.4, -0.2) is 43.3 Å². The Bertz CT molecular complexity index is 1030. The van der Waals surface area contributed by atoms with Gasteiger partial charge >= 0.3 is 6.09 Å². The van der Waals surface area contributed by atoms with E-state index in [1.807, 2.05) is 37.3 Å². The summed E-state index contributed by atoms with van der Waals surface area (Å²) in [5, 5.41) is 3.88. The Balaban J connectivity index is 1.36. The number of hydrogen-bond acceptors (Lipinski definition) is 4. The molecule has 5 nitrogen and oxygen atoms in total. The molecule has 0 spiro atoms. The number of nitrogens with one attached hydrogen (secondary N) is 1. The molecule has 6 rings (SSSR count). The molecule has 3 fully saturated rings. The number of carbonyl (C=O) groups is 1. The molecule has 1 unspecified atom stereocenters. The normalized spacial score (nSPS) is 27.9. The Hall–Kier alpha value is -2.24. The Morgan fingerprint density at radius 2 is 1.97 bits per heavy atom. The first-order chi connectivity index (χ1) is 15.3. The minimum absolute atomic E-state index is 0.00835. The van der Waals surface area contributed by atoms with Crippen molar-refractivity contribution in [3.05, 3.63) is 52.5 Å². The number of amides is 1. The zero-order chi connectivity index (χ0) is 22.5. The first-order valence-corrected chi connectivity index (χ1v) is 11.9. The number of benzene rings is 2. The van der Waals surface area contributed by atoms with Gasteiger partial charge in [0.25, 0.3) is 0 Å². The van der Waals surface area contributed by atoms with E-state index in [4.69, 9.17) is 21.1 Å². The van der Waals surface area contributed by atoms with Crippen LogP contribution < -0.4 is 10.1 Å². The van der Waals surface area contributed by atoms with Gasteiger partial charge in [0.15, 0.2) is 0 Å². The molecule has 1 amide bonds. The van der Waals surface area contributed by atoms with E-state index >= 15 is 0 Å². The van der Waals surface area contributed by atoms with Crippen LogP contribution in [0, 0.1) is 18.3 Å². The molecule has 2 aromatic carbocycles. The number of nitrogens with zero attached hydrogens (tertiary/aromatic N) is 1. The minimum Gasteiger partial charge on any atom is -0.493 e. The topological polar surface area (TPSA) is 50.8 Å². The van der Waals surface area contributed by atoms with Crippen LogP contribution in [-0.2, 0) is 4.74 Å². The number of ether oxygens (including phenoxy) is 2. The highest BCUT2D eigenvalue weighted by molar-refractivity contribution is 6.33. The molecule has 0 aliphatic carbocycles. The zero-order valence-corrected chi connectivity index (χ0v) is 19.7. The molecule has 3 saturated heterocycles. The van der Waals surface area contributed by atoms with Crippen molar-refractivity contribution >= 4 is 17.7 Å². The molecule has 4 heterocycles. The van der Waals surface area contributed by atoms with E-state index in [1.165, 1.54) is 0 Å². The molecule has 170 valence electrons. The summed E-state index contributed by atoms with van der Waals surface area (Å²) < 4.78 is 12.0. The maximum absolute atomic E-state index is 12.9. The lowest BCUT2D eigenvalue weighted by atomic mass is 9.78. The molecule has 6 heteroatoms. The van der Waals surface area contributed by atoms with E-state index in [0.717, 1.165) is 65.5 Å². The minimum atomic E-state index is -0.333. The third kappa shape index (κ3) is 4.08. The monoisotopic (exact) mass is 454 g/mol. The average molecular weight is 455 g/mol. The highest BCUT2D eigenvalue weighted by Gasteiger charge is 2.41. The van der Waals surface area contributed by atoms with Crippen LogP contribution in [0.3, 0.4) is 0 Å². The van der Waals surface area contributed by atoms with E-state index in [0.29, 0.717) is 12.5 Å². The summed E-state index contributed by atoms with van der Waals surface area (Å²) in [5.74, 6) is 1.27. The molecule has 1 N–H and O–H groups in total. The van der Waals surface area contributed by atoms with Crippen LogP contribution in [0.15, 0.2) is 36.4 Å². The van der Waals surface area contributed by atoms with E-state index in [9.17, 15) is 4.79 Å². The molecule has 0 aromatic heterocycles. The fraction of sp³-hybridized carbons (Fsp3) is 0.500. The molecular weight excluding hydrogens is 424 g/mol. The fourth-order valence-electron chi connectivity index (χ4n) is 5.29. The summed E-state index contributed by atoms with van der Waals surface area (Å²) in [7, 11) is 0. The molecule has 2 atom stereocenters. The standard InChI is InChI=1S/C26H31ClN2O3/c1-16-4-6-19(21(27)12-16)18-5-7-20-22(13-18)31-15-26(2,3)24(20)28-25(30)32-23-14-29-10-8-17(23)9-11-29/h4-7,12-13,17,23-24H,8-11,14-15H2,1-3H3,(H,28,30)/t23-,24?/m0/s1. The number of hydrogen-bond donors (Lipinski definition) is 1. The van der Waals surface area contributed by atoms with E-state index in [1.54, 1.807) is 0 Å². The summed E-state index contributed by atoms with van der Waals surface area (Å²) in [6.45, 7) is 9.86. The van der Waals surface area contributed by atoms with Crippen LogP contribution in [0.4, 0.5) is 4.79 Å². The molecule has 4 aliphatic rings. The van der Waals surface area contributed by atoms with Gasteiger partial charge in [0.2, 0.25) is 0 Å². The predicted molar refractivity (Wildman–Crippen MR) is 126 cm³/mol. The second-order valence-electron chi connectivity index (χ2n) is 10.2.